The third-order valence-electron chi connectivity index (χ3n) is 18.1. The zero-order chi connectivity index (χ0) is 59.9. The summed E-state index contributed by atoms with van der Waals surface area (Å²) in [5.74, 6) is -0.813. The summed E-state index contributed by atoms with van der Waals surface area (Å²) >= 11 is 0. The van der Waals surface area contributed by atoms with Gasteiger partial charge in [-0.05, 0) is 19.3 Å². The second-order valence-corrected chi connectivity index (χ2v) is 26.6. The lowest BCUT2D eigenvalue weighted by Gasteiger charge is -2.18. The molecule has 0 bridgehead atoms. The van der Waals surface area contributed by atoms with Gasteiger partial charge in [0.2, 0.25) is 0 Å². The predicted molar refractivity (Wildman–Crippen MR) is 363 cm³/mol. The van der Waals surface area contributed by atoms with Crippen molar-refractivity contribution in [2.45, 2.75) is 463 Å². The molecule has 0 spiro atoms. The number of carbonyl (C=O) groups is 3. The first kappa shape index (κ1) is 81.4. The first-order valence-corrected chi connectivity index (χ1v) is 38.5. The average molecular weight is 1170 g/mol. The first-order valence-electron chi connectivity index (χ1n) is 38.5. The zero-order valence-electron chi connectivity index (χ0n) is 57.0. The molecule has 0 rings (SSSR count). The fourth-order valence-electron chi connectivity index (χ4n) is 12.3. The Labute approximate surface area is 520 Å². The molecular formula is C77H150O6. The summed E-state index contributed by atoms with van der Waals surface area (Å²) < 4.78 is 17.1. The van der Waals surface area contributed by atoms with Crippen molar-refractivity contribution in [1.82, 2.24) is 0 Å². The van der Waals surface area contributed by atoms with Gasteiger partial charge >= 0.3 is 17.9 Å². The van der Waals surface area contributed by atoms with Crippen LogP contribution in [0.1, 0.15) is 457 Å². The van der Waals surface area contributed by atoms with Crippen molar-refractivity contribution < 1.29 is 28.6 Å². The Bertz CT molecular complexity index is 1250. The molecule has 0 aromatic carbocycles. The zero-order valence-corrected chi connectivity index (χ0v) is 57.0. The van der Waals surface area contributed by atoms with E-state index in [0.29, 0.717) is 19.3 Å². The van der Waals surface area contributed by atoms with E-state index in [4.69, 9.17) is 14.2 Å². The van der Waals surface area contributed by atoms with Crippen LogP contribution in [0.15, 0.2) is 0 Å². The van der Waals surface area contributed by atoms with Crippen molar-refractivity contribution in [3.8, 4) is 0 Å². The lowest BCUT2D eigenvalue weighted by Crippen LogP contribution is -2.30. The molecule has 1 atom stereocenters. The normalized spacial score (nSPS) is 11.9. The molecule has 0 saturated carbocycles. The summed E-state index contributed by atoms with van der Waals surface area (Å²) in [6.07, 6.45) is 87.2. The molecule has 0 fully saturated rings. The lowest BCUT2D eigenvalue weighted by atomic mass is 10.0. The quantitative estimate of drug-likeness (QED) is 0.0343. The molecule has 0 aliphatic carbocycles. The monoisotopic (exact) mass is 1170 g/mol. The third-order valence-corrected chi connectivity index (χ3v) is 18.1. The molecule has 0 N–H and O–H groups in total. The van der Waals surface area contributed by atoms with Gasteiger partial charge in [-0.15, -0.1) is 0 Å². The van der Waals surface area contributed by atoms with Gasteiger partial charge in [0.15, 0.2) is 6.10 Å². The molecule has 0 amide bonds. The van der Waals surface area contributed by atoms with Crippen LogP contribution in [-0.4, -0.2) is 37.2 Å². The summed E-state index contributed by atoms with van der Waals surface area (Å²) in [4.78, 5) is 38.6. The van der Waals surface area contributed by atoms with E-state index in [9.17, 15) is 14.4 Å². The Morgan fingerprint density at radius 1 is 0.193 bits per heavy atom. The molecule has 0 radical (unpaired) electrons. The standard InChI is InChI=1S/C77H150O6/c1-4-7-10-13-16-19-22-25-28-31-34-35-36-37-38-39-40-41-44-46-49-52-55-58-61-64-67-70-76(79)82-73-74(83-77(80)71-68-65-62-59-56-53-50-47-43-33-30-27-24-21-18-15-12-9-6-3)72-81-75(78)69-66-63-60-57-54-51-48-45-42-32-29-26-23-20-17-14-11-8-5-2/h74H,4-73H2,1-3H3. The van der Waals surface area contributed by atoms with Crippen LogP contribution in [0, 0.1) is 0 Å². The molecule has 494 valence electrons. The van der Waals surface area contributed by atoms with Gasteiger partial charge in [-0.25, -0.2) is 0 Å². The van der Waals surface area contributed by atoms with Gasteiger partial charge < -0.3 is 14.2 Å². The minimum absolute atomic E-state index is 0.0597. The van der Waals surface area contributed by atoms with Gasteiger partial charge in [-0.2, -0.15) is 0 Å². The number of ether oxygens (including phenoxy) is 3. The molecule has 0 aliphatic rings. The van der Waals surface area contributed by atoms with Crippen molar-refractivity contribution in [2.24, 2.45) is 0 Å². The number of hydrogen-bond acceptors (Lipinski definition) is 6. The summed E-state index contributed by atoms with van der Waals surface area (Å²) in [5.41, 5.74) is 0. The van der Waals surface area contributed by atoms with E-state index in [2.05, 4.69) is 20.8 Å². The third kappa shape index (κ3) is 71.1. The SMILES string of the molecule is CCCCCCCCCCCCCCCCCCCCCCCCCCCCCC(=O)OCC(COC(=O)CCCCCCCCCCCCCCCCCCCCC)OC(=O)CCCCCCCCCCCCCCCCCCCCC. The Morgan fingerprint density at radius 2 is 0.325 bits per heavy atom. The van der Waals surface area contributed by atoms with Crippen LogP contribution in [0.25, 0.3) is 0 Å². The number of esters is 3. The molecule has 1 unspecified atom stereocenters. The lowest BCUT2D eigenvalue weighted by molar-refractivity contribution is -0.167. The van der Waals surface area contributed by atoms with Crippen molar-refractivity contribution in [2.75, 3.05) is 13.2 Å². The number of hydrogen-bond donors (Lipinski definition) is 0. The summed E-state index contributed by atoms with van der Waals surface area (Å²) in [5, 5.41) is 0. The highest BCUT2D eigenvalue weighted by molar-refractivity contribution is 5.71. The highest BCUT2D eigenvalue weighted by Gasteiger charge is 2.20. The van der Waals surface area contributed by atoms with Gasteiger partial charge in [0.25, 0.3) is 0 Å². The first-order chi connectivity index (χ1) is 41.0. The molecule has 0 aromatic rings. The second kappa shape index (κ2) is 72.9. The van der Waals surface area contributed by atoms with E-state index in [-0.39, 0.29) is 31.1 Å². The van der Waals surface area contributed by atoms with Gasteiger partial charge in [0, 0.05) is 19.3 Å². The smallest absolute Gasteiger partial charge is 0.306 e. The average Bonchev–Trinajstić information content (AvgIpc) is 3.50. The molecule has 0 aromatic heterocycles. The summed E-state index contributed by atoms with van der Waals surface area (Å²) in [7, 11) is 0. The molecule has 83 heavy (non-hydrogen) atoms. The van der Waals surface area contributed by atoms with E-state index in [0.717, 1.165) is 57.8 Å². The molecule has 0 heterocycles. The van der Waals surface area contributed by atoms with E-state index < -0.39 is 6.10 Å². The fraction of sp³-hybridized carbons (Fsp3) is 0.961. The van der Waals surface area contributed by atoms with E-state index in [1.165, 1.54) is 360 Å². The van der Waals surface area contributed by atoms with Crippen molar-refractivity contribution in [3.05, 3.63) is 0 Å². The molecular weight excluding hydrogens is 1020 g/mol. The van der Waals surface area contributed by atoms with Crippen LogP contribution in [0.2, 0.25) is 0 Å². The van der Waals surface area contributed by atoms with Crippen LogP contribution in [0.3, 0.4) is 0 Å². The second-order valence-electron chi connectivity index (χ2n) is 26.6. The number of carbonyl (C=O) groups excluding carboxylic acids is 3. The molecule has 0 aliphatic heterocycles. The number of unbranched alkanes of at least 4 members (excludes halogenated alkanes) is 62. The van der Waals surface area contributed by atoms with Crippen molar-refractivity contribution in [1.29, 1.82) is 0 Å². The topological polar surface area (TPSA) is 78.9 Å². The van der Waals surface area contributed by atoms with Crippen molar-refractivity contribution in [3.63, 3.8) is 0 Å². The largest absolute Gasteiger partial charge is 0.462 e. The Kier molecular flexibility index (Phi) is 71.5. The van der Waals surface area contributed by atoms with Crippen LogP contribution in [0.4, 0.5) is 0 Å². The number of rotatable bonds is 73. The molecule has 6 heteroatoms. The van der Waals surface area contributed by atoms with Gasteiger partial charge in [0.05, 0.1) is 0 Å². The van der Waals surface area contributed by atoms with E-state index >= 15 is 0 Å². The highest BCUT2D eigenvalue weighted by atomic mass is 16.6. The van der Waals surface area contributed by atoms with E-state index in [1.807, 2.05) is 0 Å². The fourth-order valence-corrected chi connectivity index (χ4v) is 12.3. The van der Waals surface area contributed by atoms with E-state index in [1.54, 1.807) is 0 Å². The van der Waals surface area contributed by atoms with Crippen LogP contribution < -0.4 is 0 Å². The summed E-state index contributed by atoms with van der Waals surface area (Å²) in [6, 6.07) is 0. The maximum atomic E-state index is 13.0. The van der Waals surface area contributed by atoms with Crippen LogP contribution >= 0.6 is 0 Å². The minimum Gasteiger partial charge on any atom is -0.462 e. The minimum atomic E-state index is -0.764. The van der Waals surface area contributed by atoms with Crippen LogP contribution in [-0.2, 0) is 28.6 Å². The Hall–Kier alpha value is -1.59. The van der Waals surface area contributed by atoms with Crippen LogP contribution in [0.5, 0.6) is 0 Å². The molecule has 0 saturated heterocycles. The predicted octanol–water partition coefficient (Wildman–Crippen LogP) is 26.6. The van der Waals surface area contributed by atoms with Crippen molar-refractivity contribution >= 4 is 17.9 Å². The maximum Gasteiger partial charge on any atom is 0.306 e. The van der Waals surface area contributed by atoms with Gasteiger partial charge in [0.1, 0.15) is 13.2 Å². The molecule has 6 nitrogen and oxygen atoms in total. The Balaban J connectivity index is 4.21. The van der Waals surface area contributed by atoms with Gasteiger partial charge in [-0.1, -0.05) is 419 Å². The summed E-state index contributed by atoms with van der Waals surface area (Å²) in [6.45, 7) is 6.76. The maximum absolute atomic E-state index is 13.0. The highest BCUT2D eigenvalue weighted by Crippen LogP contribution is 2.20. The Morgan fingerprint density at radius 3 is 0.482 bits per heavy atom. The van der Waals surface area contributed by atoms with Gasteiger partial charge in [-0.3, -0.25) is 14.4 Å².